The smallest absolute Gasteiger partial charge is 0.166 e. The Hall–Kier alpha value is -9.26. The number of furan rings is 1. The third kappa shape index (κ3) is 6.74. The van der Waals surface area contributed by atoms with E-state index in [1.807, 2.05) is 72.9 Å². The van der Waals surface area contributed by atoms with Crippen LogP contribution in [-0.4, -0.2) is 24.5 Å². The van der Waals surface area contributed by atoms with E-state index in [1.54, 1.807) is 0 Å². The van der Waals surface area contributed by atoms with Crippen molar-refractivity contribution in [3.8, 4) is 84.5 Å². The van der Waals surface area contributed by atoms with Gasteiger partial charge in [-0.2, -0.15) is 0 Å². The van der Waals surface area contributed by atoms with Gasteiger partial charge in [0.05, 0.1) is 22.1 Å². The van der Waals surface area contributed by atoms with Crippen molar-refractivity contribution in [3.63, 3.8) is 0 Å². The van der Waals surface area contributed by atoms with Crippen LogP contribution >= 0.6 is 0 Å². The molecule has 68 heavy (non-hydrogen) atoms. The van der Waals surface area contributed by atoms with Gasteiger partial charge >= 0.3 is 0 Å². The second kappa shape index (κ2) is 16.3. The molecule has 0 aliphatic heterocycles. The Morgan fingerprint density at radius 2 is 0.897 bits per heavy atom. The number of fused-ring (bicyclic) bond motifs is 7. The highest BCUT2D eigenvalue weighted by molar-refractivity contribution is 6.24. The van der Waals surface area contributed by atoms with Gasteiger partial charge in [0.1, 0.15) is 11.2 Å². The maximum Gasteiger partial charge on any atom is 0.166 e. The van der Waals surface area contributed by atoms with Crippen LogP contribution in [0, 0.1) is 0 Å². The molecule has 0 radical (unpaired) electrons. The van der Waals surface area contributed by atoms with Crippen molar-refractivity contribution in [1.82, 2.24) is 24.5 Å². The normalized spacial score (nSPS) is 11.5. The largest absolute Gasteiger partial charge is 0.455 e. The second-order valence-corrected chi connectivity index (χ2v) is 17.0. The molecule has 6 nitrogen and oxygen atoms in total. The number of nitrogens with zero attached hydrogens (tertiary/aromatic N) is 5. The van der Waals surface area contributed by atoms with E-state index in [0.29, 0.717) is 17.5 Å². The Labute approximate surface area is 392 Å². The first-order valence-corrected chi connectivity index (χ1v) is 22.8. The van der Waals surface area contributed by atoms with Crippen LogP contribution in [-0.2, 0) is 0 Å². The van der Waals surface area contributed by atoms with Gasteiger partial charge in [0.25, 0.3) is 0 Å². The first-order chi connectivity index (χ1) is 33.7. The summed E-state index contributed by atoms with van der Waals surface area (Å²) in [6.07, 6.45) is 1.98. The first kappa shape index (κ1) is 39.1. The van der Waals surface area contributed by atoms with Crippen LogP contribution in [0.5, 0.6) is 0 Å². The Morgan fingerprint density at radius 1 is 0.338 bits per heavy atom. The lowest BCUT2D eigenvalue weighted by Crippen LogP contribution is -2.02. The lowest BCUT2D eigenvalue weighted by atomic mass is 9.90. The van der Waals surface area contributed by atoms with Gasteiger partial charge in [0.15, 0.2) is 17.5 Å². The van der Waals surface area contributed by atoms with Crippen LogP contribution < -0.4 is 0 Å². The van der Waals surface area contributed by atoms with E-state index in [-0.39, 0.29) is 0 Å². The van der Waals surface area contributed by atoms with Crippen molar-refractivity contribution in [3.05, 3.63) is 237 Å². The molecular formula is C62H39N5O. The minimum Gasteiger partial charge on any atom is -0.455 e. The third-order valence-electron chi connectivity index (χ3n) is 12.9. The summed E-state index contributed by atoms with van der Waals surface area (Å²) >= 11 is 0. The molecule has 318 valence electrons. The fourth-order valence-electron chi connectivity index (χ4n) is 9.69. The lowest BCUT2D eigenvalue weighted by molar-refractivity contribution is 0.673. The molecule has 13 aromatic rings. The zero-order valence-electron chi connectivity index (χ0n) is 36.7. The summed E-state index contributed by atoms with van der Waals surface area (Å²) in [5, 5.41) is 4.31. The Kier molecular flexibility index (Phi) is 9.39. The summed E-state index contributed by atoms with van der Waals surface area (Å²) in [5.41, 5.74) is 15.5. The number of benzene rings is 9. The fraction of sp³-hybridized carbons (Fsp3) is 0. The van der Waals surface area contributed by atoms with E-state index < -0.39 is 0 Å². The van der Waals surface area contributed by atoms with E-state index in [1.165, 1.54) is 0 Å². The molecule has 6 heteroatoms. The molecule has 0 spiro atoms. The van der Waals surface area contributed by atoms with Gasteiger partial charge in [0.2, 0.25) is 0 Å². The topological polar surface area (TPSA) is 69.6 Å². The molecule has 4 aromatic heterocycles. The minimum absolute atomic E-state index is 0.516. The van der Waals surface area contributed by atoms with Crippen molar-refractivity contribution in [2.24, 2.45) is 0 Å². The predicted molar refractivity (Wildman–Crippen MR) is 277 cm³/mol. The summed E-state index contributed by atoms with van der Waals surface area (Å²) in [7, 11) is 0. The van der Waals surface area contributed by atoms with Gasteiger partial charge in [-0.25, -0.2) is 15.0 Å². The van der Waals surface area contributed by atoms with Gasteiger partial charge in [0, 0.05) is 55.9 Å². The summed E-state index contributed by atoms with van der Waals surface area (Å²) in [6, 6.07) is 80.0. The van der Waals surface area contributed by atoms with Gasteiger partial charge in [-0.1, -0.05) is 176 Å². The zero-order valence-corrected chi connectivity index (χ0v) is 36.7. The van der Waals surface area contributed by atoms with Crippen LogP contribution in [0.1, 0.15) is 0 Å². The van der Waals surface area contributed by atoms with E-state index >= 15 is 0 Å². The van der Waals surface area contributed by atoms with Crippen molar-refractivity contribution >= 4 is 43.7 Å². The molecule has 0 bridgehead atoms. The fourth-order valence-corrected chi connectivity index (χ4v) is 9.69. The summed E-state index contributed by atoms with van der Waals surface area (Å²) in [5.74, 6) is 1.67. The van der Waals surface area contributed by atoms with Gasteiger partial charge in [-0.05, 0) is 82.4 Å². The Balaban J connectivity index is 1.05. The van der Waals surface area contributed by atoms with Crippen molar-refractivity contribution in [2.45, 2.75) is 0 Å². The Morgan fingerprint density at radius 3 is 1.59 bits per heavy atom. The highest BCUT2D eigenvalue weighted by Gasteiger charge is 2.23. The van der Waals surface area contributed by atoms with E-state index in [9.17, 15) is 0 Å². The molecule has 0 atom stereocenters. The van der Waals surface area contributed by atoms with Crippen molar-refractivity contribution in [1.29, 1.82) is 0 Å². The molecule has 0 fully saturated rings. The SMILES string of the molecule is c1ccc(-c2ccc(-c3ccccc3)c(-c3cnc(-c4ccc5c(c4)oc4c5ccc5c4c4ccccc4n5-c4ccccc4)c(-c4nc(-c5ccccc5)nc(-c5ccccc5)n4)c3)c2)cc1. The second-order valence-electron chi connectivity index (χ2n) is 17.0. The molecule has 0 saturated heterocycles. The highest BCUT2D eigenvalue weighted by Crippen LogP contribution is 2.44. The monoisotopic (exact) mass is 869 g/mol. The zero-order chi connectivity index (χ0) is 45.0. The first-order valence-electron chi connectivity index (χ1n) is 22.8. The number of rotatable bonds is 8. The van der Waals surface area contributed by atoms with Crippen molar-refractivity contribution < 1.29 is 4.42 Å². The summed E-state index contributed by atoms with van der Waals surface area (Å²) in [4.78, 5) is 21.0. The number of pyridine rings is 1. The summed E-state index contributed by atoms with van der Waals surface area (Å²) in [6.45, 7) is 0. The Bertz CT molecular complexity index is 3940. The summed E-state index contributed by atoms with van der Waals surface area (Å²) < 4.78 is 9.34. The molecule has 0 aliphatic carbocycles. The van der Waals surface area contributed by atoms with Gasteiger partial charge < -0.3 is 8.98 Å². The van der Waals surface area contributed by atoms with Gasteiger partial charge in [-0.15, -0.1) is 0 Å². The molecular weight excluding hydrogens is 831 g/mol. The quantitative estimate of drug-likeness (QED) is 0.152. The molecule has 4 heterocycles. The maximum absolute atomic E-state index is 7.02. The van der Waals surface area contributed by atoms with Crippen LogP contribution in [0.25, 0.3) is 128 Å². The molecule has 9 aromatic carbocycles. The molecule has 0 amide bonds. The van der Waals surface area contributed by atoms with E-state index in [2.05, 4.69) is 168 Å². The lowest BCUT2D eigenvalue weighted by Gasteiger charge is -2.16. The molecule has 13 rings (SSSR count). The van der Waals surface area contributed by atoms with Crippen LogP contribution in [0.15, 0.2) is 241 Å². The van der Waals surface area contributed by atoms with Crippen LogP contribution in [0.2, 0.25) is 0 Å². The molecule has 0 N–H and O–H groups in total. The predicted octanol–water partition coefficient (Wildman–Crippen LogP) is 15.9. The van der Waals surface area contributed by atoms with Gasteiger partial charge in [-0.3, -0.25) is 4.98 Å². The average Bonchev–Trinajstić information content (AvgIpc) is 3.97. The van der Waals surface area contributed by atoms with E-state index in [4.69, 9.17) is 24.4 Å². The number of para-hydroxylation sites is 2. The van der Waals surface area contributed by atoms with Crippen molar-refractivity contribution in [2.75, 3.05) is 0 Å². The minimum atomic E-state index is 0.516. The number of aromatic nitrogens is 5. The average molecular weight is 870 g/mol. The van der Waals surface area contributed by atoms with Crippen LogP contribution in [0.3, 0.4) is 0 Å². The number of hydrogen-bond donors (Lipinski definition) is 0. The third-order valence-corrected chi connectivity index (χ3v) is 12.9. The van der Waals surface area contributed by atoms with E-state index in [0.717, 1.165) is 111 Å². The standard InChI is InChI=1S/C62H39N5O/c1-6-18-40(19-7-1)44-30-32-48(41-20-8-2-9-21-41)52(36-44)46-37-53(62-65-60(42-22-10-3-11-23-42)64-61(66-62)43-24-12-4-13-25-43)58(63-39-46)45-31-33-49-50-34-35-55-57(59(50)68-56(49)38-45)51-28-16-17-29-54(51)67(55)47-26-14-5-15-27-47/h1-39H. The molecule has 0 saturated carbocycles. The number of hydrogen-bond acceptors (Lipinski definition) is 5. The highest BCUT2D eigenvalue weighted by atomic mass is 16.3. The molecule has 0 aliphatic rings. The van der Waals surface area contributed by atoms with Crippen LogP contribution in [0.4, 0.5) is 0 Å². The molecule has 0 unspecified atom stereocenters. The maximum atomic E-state index is 7.02.